The van der Waals surface area contributed by atoms with Crippen molar-refractivity contribution < 1.29 is 5.11 Å². The van der Waals surface area contributed by atoms with Gasteiger partial charge in [0, 0.05) is 10.2 Å². The van der Waals surface area contributed by atoms with Gasteiger partial charge in [-0.1, -0.05) is 11.6 Å². The summed E-state index contributed by atoms with van der Waals surface area (Å²) in [5, 5.41) is 9.35. The molecule has 1 rings (SSSR count). The molecule has 0 fully saturated rings. The van der Waals surface area contributed by atoms with Gasteiger partial charge in [-0.25, -0.2) is 0 Å². The fourth-order valence-corrected chi connectivity index (χ4v) is 1.39. The molecule has 1 aromatic rings. The highest BCUT2D eigenvalue weighted by Crippen LogP contribution is 2.28. The van der Waals surface area contributed by atoms with E-state index in [0.29, 0.717) is 20.7 Å². The van der Waals surface area contributed by atoms with Crippen molar-refractivity contribution in [3.8, 4) is 0 Å². The van der Waals surface area contributed by atoms with Crippen molar-refractivity contribution in [2.75, 3.05) is 5.73 Å². The topological polar surface area (TPSA) is 46.2 Å². The van der Waals surface area contributed by atoms with Gasteiger partial charge in [-0.2, -0.15) is 0 Å². The van der Waals surface area contributed by atoms with Crippen LogP contribution in [-0.2, 0) is 6.61 Å². The molecule has 0 aromatic heterocycles. The van der Waals surface area contributed by atoms with Crippen molar-refractivity contribution in [2.45, 2.75) is 6.61 Å². The Kier molecular flexibility index (Phi) is 2.76. The summed E-state index contributed by atoms with van der Waals surface area (Å²) in [7, 11) is 0. The molecule has 11 heavy (non-hydrogen) atoms. The molecule has 0 amide bonds. The fraction of sp³-hybridized carbons (Fsp3) is 0.143. The standard InChI is InChI=1S/C7H7BrClNO/c8-7-4(3-11)1-5(10)2-6(7)9/h1-2,11H,3,10H2. The second-order valence-electron chi connectivity index (χ2n) is 2.13. The summed E-state index contributed by atoms with van der Waals surface area (Å²) in [4.78, 5) is 0. The van der Waals surface area contributed by atoms with Crippen molar-refractivity contribution >= 4 is 33.2 Å². The van der Waals surface area contributed by atoms with Crippen LogP contribution in [0.5, 0.6) is 0 Å². The maximum absolute atomic E-state index is 8.82. The van der Waals surface area contributed by atoms with Crippen LogP contribution < -0.4 is 5.73 Å². The van der Waals surface area contributed by atoms with E-state index in [9.17, 15) is 0 Å². The molecule has 0 unspecified atom stereocenters. The van der Waals surface area contributed by atoms with Crippen LogP contribution in [0.3, 0.4) is 0 Å². The van der Waals surface area contributed by atoms with Crippen LogP contribution in [0.2, 0.25) is 5.02 Å². The molecule has 0 radical (unpaired) electrons. The first-order chi connectivity index (χ1) is 5.15. The second-order valence-corrected chi connectivity index (χ2v) is 3.33. The fourth-order valence-electron chi connectivity index (χ4n) is 0.784. The first kappa shape index (κ1) is 8.84. The summed E-state index contributed by atoms with van der Waals surface area (Å²) in [6.07, 6.45) is 0. The van der Waals surface area contributed by atoms with Crippen molar-refractivity contribution in [2.24, 2.45) is 0 Å². The Morgan fingerprint density at radius 3 is 2.73 bits per heavy atom. The van der Waals surface area contributed by atoms with Crippen LogP contribution in [0.25, 0.3) is 0 Å². The van der Waals surface area contributed by atoms with Crippen LogP contribution >= 0.6 is 27.5 Å². The van der Waals surface area contributed by atoms with Gasteiger partial charge < -0.3 is 10.8 Å². The number of hydrogen-bond donors (Lipinski definition) is 2. The lowest BCUT2D eigenvalue weighted by molar-refractivity contribution is 0.281. The van der Waals surface area contributed by atoms with E-state index in [1.807, 2.05) is 0 Å². The number of halogens is 2. The number of anilines is 1. The lowest BCUT2D eigenvalue weighted by Crippen LogP contribution is -1.91. The van der Waals surface area contributed by atoms with Gasteiger partial charge in [-0.15, -0.1) is 0 Å². The number of rotatable bonds is 1. The van der Waals surface area contributed by atoms with Gasteiger partial charge >= 0.3 is 0 Å². The average Bonchev–Trinajstić information content (AvgIpc) is 1.96. The SMILES string of the molecule is Nc1cc(Cl)c(Br)c(CO)c1. The Labute approximate surface area is 78.1 Å². The maximum atomic E-state index is 8.82. The molecule has 0 bridgehead atoms. The molecule has 0 aliphatic rings. The monoisotopic (exact) mass is 235 g/mol. The summed E-state index contributed by atoms with van der Waals surface area (Å²) < 4.78 is 0.705. The highest BCUT2D eigenvalue weighted by molar-refractivity contribution is 9.10. The molecular weight excluding hydrogens is 229 g/mol. The lowest BCUT2D eigenvalue weighted by Gasteiger charge is -2.03. The van der Waals surface area contributed by atoms with E-state index in [1.54, 1.807) is 12.1 Å². The number of hydrogen-bond acceptors (Lipinski definition) is 2. The number of aliphatic hydroxyl groups excluding tert-OH is 1. The van der Waals surface area contributed by atoms with E-state index in [2.05, 4.69) is 15.9 Å². The summed E-state index contributed by atoms with van der Waals surface area (Å²) in [6, 6.07) is 3.31. The van der Waals surface area contributed by atoms with Gasteiger partial charge in [-0.05, 0) is 33.6 Å². The van der Waals surface area contributed by atoms with Crippen molar-refractivity contribution in [3.63, 3.8) is 0 Å². The van der Waals surface area contributed by atoms with E-state index in [4.69, 9.17) is 22.4 Å². The molecule has 4 heteroatoms. The van der Waals surface area contributed by atoms with E-state index in [1.165, 1.54) is 0 Å². The molecular formula is C7H7BrClNO. The molecule has 2 nitrogen and oxygen atoms in total. The molecule has 0 heterocycles. The summed E-state index contributed by atoms with van der Waals surface area (Å²) >= 11 is 8.99. The minimum absolute atomic E-state index is 0.0641. The largest absolute Gasteiger partial charge is 0.399 e. The predicted molar refractivity (Wildman–Crippen MR) is 49.5 cm³/mol. The number of aliphatic hydroxyl groups is 1. The predicted octanol–water partition coefficient (Wildman–Crippen LogP) is 2.18. The first-order valence-electron chi connectivity index (χ1n) is 2.99. The van der Waals surface area contributed by atoms with E-state index < -0.39 is 0 Å². The van der Waals surface area contributed by atoms with Crippen molar-refractivity contribution in [1.82, 2.24) is 0 Å². The zero-order valence-corrected chi connectivity index (χ0v) is 7.98. The lowest BCUT2D eigenvalue weighted by atomic mass is 10.2. The third kappa shape index (κ3) is 1.86. The highest BCUT2D eigenvalue weighted by atomic mass is 79.9. The molecule has 0 atom stereocenters. The van der Waals surface area contributed by atoms with Gasteiger partial charge in [0.05, 0.1) is 11.6 Å². The first-order valence-corrected chi connectivity index (χ1v) is 4.16. The van der Waals surface area contributed by atoms with Gasteiger partial charge in [0.2, 0.25) is 0 Å². The van der Waals surface area contributed by atoms with Gasteiger partial charge in [-0.3, -0.25) is 0 Å². The second kappa shape index (κ2) is 3.43. The van der Waals surface area contributed by atoms with Crippen LogP contribution in [-0.4, -0.2) is 5.11 Å². The van der Waals surface area contributed by atoms with Crippen molar-refractivity contribution in [3.05, 3.63) is 27.2 Å². The molecule has 0 aliphatic carbocycles. The maximum Gasteiger partial charge on any atom is 0.0694 e. The van der Waals surface area contributed by atoms with E-state index >= 15 is 0 Å². The Balaban J connectivity index is 3.24. The zero-order valence-electron chi connectivity index (χ0n) is 5.64. The highest BCUT2D eigenvalue weighted by Gasteiger charge is 2.03. The molecule has 0 saturated heterocycles. The van der Waals surface area contributed by atoms with Gasteiger partial charge in [0.1, 0.15) is 0 Å². The number of nitrogens with two attached hydrogens (primary N) is 1. The summed E-state index contributed by atoms with van der Waals surface area (Å²) in [5.74, 6) is 0. The summed E-state index contributed by atoms with van der Waals surface area (Å²) in [5.41, 5.74) is 6.75. The number of benzene rings is 1. The van der Waals surface area contributed by atoms with Gasteiger partial charge in [0.15, 0.2) is 0 Å². The Morgan fingerprint density at radius 2 is 2.18 bits per heavy atom. The Morgan fingerprint density at radius 1 is 1.55 bits per heavy atom. The molecule has 1 aromatic carbocycles. The Hall–Kier alpha value is -0.250. The third-order valence-electron chi connectivity index (χ3n) is 1.30. The van der Waals surface area contributed by atoms with Crippen LogP contribution in [0.15, 0.2) is 16.6 Å². The number of nitrogen functional groups attached to an aromatic ring is 1. The average molecular weight is 236 g/mol. The quantitative estimate of drug-likeness (QED) is 0.734. The molecule has 3 N–H and O–H groups in total. The van der Waals surface area contributed by atoms with Crippen molar-refractivity contribution in [1.29, 1.82) is 0 Å². The molecule has 0 aliphatic heterocycles. The summed E-state index contributed by atoms with van der Waals surface area (Å²) in [6.45, 7) is -0.0641. The smallest absolute Gasteiger partial charge is 0.0694 e. The minimum atomic E-state index is -0.0641. The van der Waals surface area contributed by atoms with E-state index in [-0.39, 0.29) is 6.61 Å². The van der Waals surface area contributed by atoms with Gasteiger partial charge in [0.25, 0.3) is 0 Å². The van der Waals surface area contributed by atoms with Crippen LogP contribution in [0, 0.1) is 0 Å². The Bertz CT molecular complexity index is 277. The van der Waals surface area contributed by atoms with E-state index in [0.717, 1.165) is 0 Å². The van der Waals surface area contributed by atoms with Crippen LogP contribution in [0.1, 0.15) is 5.56 Å². The molecule has 60 valence electrons. The molecule has 0 spiro atoms. The zero-order chi connectivity index (χ0) is 8.43. The third-order valence-corrected chi connectivity index (χ3v) is 2.76. The molecule has 0 saturated carbocycles. The van der Waals surface area contributed by atoms with Crippen LogP contribution in [0.4, 0.5) is 5.69 Å². The minimum Gasteiger partial charge on any atom is -0.399 e. The normalized spacial score (nSPS) is 10.1.